The summed E-state index contributed by atoms with van der Waals surface area (Å²) >= 11 is 0. The van der Waals surface area contributed by atoms with Gasteiger partial charge in [0.1, 0.15) is 0 Å². The van der Waals surface area contributed by atoms with E-state index in [1.807, 2.05) is 68.6 Å². The van der Waals surface area contributed by atoms with Crippen LogP contribution in [0, 0.1) is 11.3 Å². The number of nitriles is 1. The first-order valence-corrected chi connectivity index (χ1v) is 10.2. The van der Waals surface area contributed by atoms with Crippen molar-refractivity contribution < 1.29 is 0 Å². The molecule has 2 aromatic carbocycles. The highest BCUT2D eigenvalue weighted by Gasteiger charge is 2.20. The van der Waals surface area contributed by atoms with Gasteiger partial charge in [-0.15, -0.1) is 0 Å². The largest absolute Gasteiger partial charge is 0.346 e. The first-order valence-electron chi connectivity index (χ1n) is 10.2. The van der Waals surface area contributed by atoms with E-state index in [9.17, 15) is 10.1 Å². The van der Waals surface area contributed by atoms with Gasteiger partial charge in [-0.1, -0.05) is 36.4 Å². The zero-order valence-electron chi connectivity index (χ0n) is 17.6. The van der Waals surface area contributed by atoms with Crippen LogP contribution < -0.4 is 5.69 Å². The molecule has 3 heterocycles. The van der Waals surface area contributed by atoms with Gasteiger partial charge < -0.3 is 4.98 Å². The summed E-state index contributed by atoms with van der Waals surface area (Å²) < 4.78 is 0. The van der Waals surface area contributed by atoms with Crippen molar-refractivity contribution in [2.45, 2.75) is 19.3 Å². The average molecular weight is 417 g/mol. The molecule has 0 bridgehead atoms. The van der Waals surface area contributed by atoms with Crippen molar-refractivity contribution >= 4 is 21.8 Å². The molecule has 3 aromatic heterocycles. The molecule has 0 atom stereocenters. The number of nitrogens with zero attached hydrogens (tertiary/aromatic N) is 4. The Kier molecular flexibility index (Phi) is 4.53. The highest BCUT2D eigenvalue weighted by molar-refractivity contribution is 6.11. The lowest BCUT2D eigenvalue weighted by atomic mass is 9.85. The molecule has 6 heteroatoms. The van der Waals surface area contributed by atoms with Crippen LogP contribution in [0.4, 0.5) is 0 Å². The molecule has 0 aliphatic heterocycles. The third kappa shape index (κ3) is 3.30. The maximum atomic E-state index is 12.3. The SMILES string of the molecule is CC(C)(C#N)c1ccc(-c2nc(=O)[nH]c3cnc4ccc(-c5cccnc5)cc4c23)cc1. The number of aromatic amines is 1. The Bertz CT molecular complexity index is 1560. The normalized spacial score (nSPS) is 11.5. The van der Waals surface area contributed by atoms with Gasteiger partial charge >= 0.3 is 5.69 Å². The van der Waals surface area contributed by atoms with E-state index in [0.29, 0.717) is 11.2 Å². The zero-order chi connectivity index (χ0) is 22.3. The fourth-order valence-electron chi connectivity index (χ4n) is 3.87. The highest BCUT2D eigenvalue weighted by atomic mass is 16.1. The van der Waals surface area contributed by atoms with Gasteiger partial charge in [0.2, 0.25) is 0 Å². The van der Waals surface area contributed by atoms with Crippen LogP contribution in [0.25, 0.3) is 44.2 Å². The summed E-state index contributed by atoms with van der Waals surface area (Å²) in [5.74, 6) is 0. The van der Waals surface area contributed by atoms with E-state index in [-0.39, 0.29) is 0 Å². The van der Waals surface area contributed by atoms with Crippen molar-refractivity contribution in [1.29, 1.82) is 5.26 Å². The molecule has 0 fully saturated rings. The van der Waals surface area contributed by atoms with Crippen LogP contribution in [-0.4, -0.2) is 19.9 Å². The van der Waals surface area contributed by atoms with Crippen LogP contribution in [0.5, 0.6) is 0 Å². The van der Waals surface area contributed by atoms with Crippen LogP contribution in [0.2, 0.25) is 0 Å². The van der Waals surface area contributed by atoms with Gasteiger partial charge in [0.05, 0.1) is 34.4 Å². The molecule has 0 radical (unpaired) electrons. The smallest absolute Gasteiger partial charge is 0.304 e. The van der Waals surface area contributed by atoms with Gasteiger partial charge in [0, 0.05) is 34.3 Å². The van der Waals surface area contributed by atoms with Crippen molar-refractivity contribution in [1.82, 2.24) is 19.9 Å². The van der Waals surface area contributed by atoms with E-state index in [0.717, 1.165) is 38.5 Å². The van der Waals surface area contributed by atoms with Crippen molar-refractivity contribution in [3.63, 3.8) is 0 Å². The predicted molar refractivity (Wildman–Crippen MR) is 125 cm³/mol. The molecule has 154 valence electrons. The van der Waals surface area contributed by atoms with Gasteiger partial charge in [0.15, 0.2) is 0 Å². The van der Waals surface area contributed by atoms with Crippen molar-refractivity contribution in [3.05, 3.63) is 89.2 Å². The van der Waals surface area contributed by atoms with Gasteiger partial charge in [0.25, 0.3) is 0 Å². The maximum Gasteiger partial charge on any atom is 0.346 e. The minimum atomic E-state index is -0.600. The van der Waals surface area contributed by atoms with Crippen LogP contribution in [0.15, 0.2) is 78.0 Å². The second-order valence-electron chi connectivity index (χ2n) is 8.23. The third-order valence-corrected chi connectivity index (χ3v) is 5.71. The number of rotatable bonds is 3. The second kappa shape index (κ2) is 7.40. The molecule has 0 unspecified atom stereocenters. The van der Waals surface area contributed by atoms with E-state index < -0.39 is 11.1 Å². The van der Waals surface area contributed by atoms with E-state index >= 15 is 0 Å². The second-order valence-corrected chi connectivity index (χ2v) is 8.23. The predicted octanol–water partition coefficient (Wildman–Crippen LogP) is 5.00. The van der Waals surface area contributed by atoms with E-state index in [2.05, 4.69) is 32.1 Å². The number of nitrogens with one attached hydrogen (secondary N) is 1. The molecule has 0 amide bonds. The summed E-state index contributed by atoms with van der Waals surface area (Å²) in [4.78, 5) is 28.2. The summed E-state index contributed by atoms with van der Waals surface area (Å²) in [6, 6.07) is 19.9. The van der Waals surface area contributed by atoms with Crippen molar-refractivity contribution in [2.24, 2.45) is 0 Å². The summed E-state index contributed by atoms with van der Waals surface area (Å²) in [6.07, 6.45) is 5.23. The number of hydrogen-bond donors (Lipinski definition) is 1. The van der Waals surface area contributed by atoms with Crippen LogP contribution in [0.1, 0.15) is 19.4 Å². The molecule has 1 N–H and O–H groups in total. The highest BCUT2D eigenvalue weighted by Crippen LogP contribution is 2.33. The van der Waals surface area contributed by atoms with E-state index in [1.54, 1.807) is 12.4 Å². The number of aromatic nitrogens is 4. The molecule has 0 saturated carbocycles. The number of pyridine rings is 2. The molecule has 32 heavy (non-hydrogen) atoms. The van der Waals surface area contributed by atoms with Crippen molar-refractivity contribution in [3.8, 4) is 28.5 Å². The first-order chi connectivity index (χ1) is 15.5. The van der Waals surface area contributed by atoms with Gasteiger partial charge in [-0.25, -0.2) is 4.79 Å². The Labute approximate surface area is 184 Å². The summed E-state index contributed by atoms with van der Waals surface area (Å²) in [7, 11) is 0. The fourth-order valence-corrected chi connectivity index (χ4v) is 3.87. The standard InChI is InChI=1S/C26H19N5O/c1-26(2,15-27)19-8-5-16(6-9-19)24-23-20-12-17(18-4-3-11-28-13-18)7-10-21(20)29-14-22(23)30-25(32)31-24/h3-14H,1-2H3,(H,30,31,32). The first kappa shape index (κ1) is 19.6. The molecule has 0 aliphatic rings. The van der Waals surface area contributed by atoms with E-state index in [4.69, 9.17) is 0 Å². The topological polar surface area (TPSA) is 95.3 Å². The lowest BCUT2D eigenvalue weighted by Crippen LogP contribution is -2.14. The van der Waals surface area contributed by atoms with Crippen LogP contribution in [-0.2, 0) is 5.41 Å². The molecule has 5 aromatic rings. The molecule has 0 saturated heterocycles. The zero-order valence-corrected chi connectivity index (χ0v) is 17.6. The Morgan fingerprint density at radius 1 is 0.969 bits per heavy atom. The molecule has 0 spiro atoms. The van der Waals surface area contributed by atoms with Crippen LogP contribution >= 0.6 is 0 Å². The quantitative estimate of drug-likeness (QED) is 0.417. The number of fused-ring (bicyclic) bond motifs is 3. The molecule has 5 rings (SSSR count). The molecule has 0 aliphatic carbocycles. The fraction of sp³-hybridized carbons (Fsp3) is 0.115. The van der Waals surface area contributed by atoms with Gasteiger partial charge in [-0.3, -0.25) is 9.97 Å². The van der Waals surface area contributed by atoms with Gasteiger partial charge in [-0.05, 0) is 43.2 Å². The van der Waals surface area contributed by atoms with Crippen LogP contribution in [0.3, 0.4) is 0 Å². The van der Waals surface area contributed by atoms with E-state index in [1.165, 1.54) is 0 Å². The monoisotopic (exact) mass is 417 g/mol. The van der Waals surface area contributed by atoms with Gasteiger partial charge in [-0.2, -0.15) is 10.2 Å². The maximum absolute atomic E-state index is 12.3. The number of H-pyrrole nitrogens is 1. The number of hydrogen-bond acceptors (Lipinski definition) is 5. The lowest BCUT2D eigenvalue weighted by Gasteiger charge is -2.16. The Balaban J connectivity index is 1.78. The lowest BCUT2D eigenvalue weighted by molar-refractivity contribution is 0.687. The summed E-state index contributed by atoms with van der Waals surface area (Å²) in [5.41, 5.74) is 4.69. The molecular formula is C26H19N5O. The minimum absolute atomic E-state index is 0.432. The number of benzene rings is 2. The Morgan fingerprint density at radius 3 is 2.47 bits per heavy atom. The third-order valence-electron chi connectivity index (χ3n) is 5.71. The molecular weight excluding hydrogens is 398 g/mol. The van der Waals surface area contributed by atoms with Crippen molar-refractivity contribution in [2.75, 3.05) is 0 Å². The summed E-state index contributed by atoms with van der Waals surface area (Å²) in [6.45, 7) is 3.75. The Hall–Kier alpha value is -4.37. The molecule has 6 nitrogen and oxygen atoms in total. The Morgan fingerprint density at radius 2 is 1.75 bits per heavy atom. The average Bonchev–Trinajstić information content (AvgIpc) is 2.83. The summed E-state index contributed by atoms with van der Waals surface area (Å²) in [5, 5.41) is 11.1. The minimum Gasteiger partial charge on any atom is -0.304 e.